The molecule has 0 spiro atoms. The standard InChI is InChI=1S/C15H16ClNO3S/c1-10(18)8-17-15(19)11-3-2-4-12(7-11)20-9-13-5-6-14(16)21-13/h2-7,10,18H,8-9H2,1H3,(H,17,19). The molecule has 2 N–H and O–H groups in total. The normalized spacial score (nSPS) is 12.0. The second kappa shape index (κ2) is 7.45. The van der Waals surface area contributed by atoms with E-state index in [0.717, 1.165) is 9.21 Å². The Kier molecular flexibility index (Phi) is 5.61. The van der Waals surface area contributed by atoms with Gasteiger partial charge in [0.15, 0.2) is 0 Å². The molecule has 0 bridgehead atoms. The zero-order valence-corrected chi connectivity index (χ0v) is 13.1. The van der Waals surface area contributed by atoms with Crippen LogP contribution in [0.5, 0.6) is 5.75 Å². The highest BCUT2D eigenvalue weighted by molar-refractivity contribution is 7.16. The van der Waals surface area contributed by atoms with Crippen molar-refractivity contribution in [2.45, 2.75) is 19.6 Å². The summed E-state index contributed by atoms with van der Waals surface area (Å²) in [6.45, 7) is 2.25. The summed E-state index contributed by atoms with van der Waals surface area (Å²) in [6.07, 6.45) is -0.572. The van der Waals surface area contributed by atoms with Crippen molar-refractivity contribution >= 4 is 28.8 Å². The monoisotopic (exact) mass is 325 g/mol. The Bertz CT molecular complexity index is 612. The van der Waals surface area contributed by atoms with Crippen LogP contribution in [0.25, 0.3) is 0 Å². The van der Waals surface area contributed by atoms with Gasteiger partial charge in [-0.3, -0.25) is 4.79 Å². The second-order valence-electron chi connectivity index (χ2n) is 4.58. The molecular weight excluding hydrogens is 310 g/mol. The zero-order chi connectivity index (χ0) is 15.2. The lowest BCUT2D eigenvalue weighted by molar-refractivity contribution is 0.0923. The van der Waals surface area contributed by atoms with Crippen molar-refractivity contribution < 1.29 is 14.6 Å². The smallest absolute Gasteiger partial charge is 0.251 e. The van der Waals surface area contributed by atoms with E-state index in [9.17, 15) is 4.79 Å². The maximum Gasteiger partial charge on any atom is 0.251 e. The van der Waals surface area contributed by atoms with Crippen LogP contribution in [0.4, 0.5) is 0 Å². The van der Waals surface area contributed by atoms with Crippen LogP contribution in [0, 0.1) is 0 Å². The largest absolute Gasteiger partial charge is 0.488 e. The lowest BCUT2D eigenvalue weighted by Crippen LogP contribution is -2.30. The van der Waals surface area contributed by atoms with E-state index in [1.54, 1.807) is 31.2 Å². The van der Waals surface area contributed by atoms with Gasteiger partial charge in [-0.15, -0.1) is 11.3 Å². The number of carbonyl (C=O) groups is 1. The molecule has 1 atom stereocenters. The van der Waals surface area contributed by atoms with Crippen molar-refractivity contribution in [1.29, 1.82) is 0 Å². The van der Waals surface area contributed by atoms with Gasteiger partial charge in [-0.2, -0.15) is 0 Å². The molecule has 1 amide bonds. The van der Waals surface area contributed by atoms with E-state index in [0.29, 0.717) is 17.9 Å². The van der Waals surface area contributed by atoms with Gasteiger partial charge in [0.05, 0.1) is 10.4 Å². The number of aliphatic hydroxyl groups is 1. The van der Waals surface area contributed by atoms with Crippen LogP contribution in [0.3, 0.4) is 0 Å². The fourth-order valence-electron chi connectivity index (χ4n) is 1.65. The van der Waals surface area contributed by atoms with Crippen molar-refractivity contribution in [3.8, 4) is 5.75 Å². The highest BCUT2D eigenvalue weighted by Gasteiger charge is 2.08. The Labute approximate surface area is 132 Å². The third-order valence-electron chi connectivity index (χ3n) is 2.66. The van der Waals surface area contributed by atoms with Crippen molar-refractivity contribution in [3.05, 3.63) is 51.2 Å². The molecular formula is C15H16ClNO3S. The van der Waals surface area contributed by atoms with Crippen LogP contribution in [-0.4, -0.2) is 23.7 Å². The van der Waals surface area contributed by atoms with Crippen molar-refractivity contribution in [2.24, 2.45) is 0 Å². The van der Waals surface area contributed by atoms with Gasteiger partial charge in [0.25, 0.3) is 5.91 Å². The molecule has 2 aromatic rings. The van der Waals surface area contributed by atoms with Gasteiger partial charge in [0, 0.05) is 17.0 Å². The Morgan fingerprint density at radius 3 is 2.90 bits per heavy atom. The zero-order valence-electron chi connectivity index (χ0n) is 11.5. The molecule has 0 fully saturated rings. The van der Waals surface area contributed by atoms with Gasteiger partial charge in [-0.25, -0.2) is 0 Å². The van der Waals surface area contributed by atoms with E-state index >= 15 is 0 Å². The number of rotatable bonds is 6. The summed E-state index contributed by atoms with van der Waals surface area (Å²) >= 11 is 7.32. The van der Waals surface area contributed by atoms with Gasteiger partial charge in [-0.1, -0.05) is 17.7 Å². The minimum Gasteiger partial charge on any atom is -0.488 e. The molecule has 1 heterocycles. The minimum atomic E-state index is -0.572. The number of nitrogens with one attached hydrogen (secondary N) is 1. The molecule has 2 rings (SSSR count). The van der Waals surface area contributed by atoms with Crippen LogP contribution in [0.2, 0.25) is 4.34 Å². The number of benzene rings is 1. The van der Waals surface area contributed by atoms with Crippen LogP contribution < -0.4 is 10.1 Å². The molecule has 0 aliphatic heterocycles. The first-order valence-electron chi connectivity index (χ1n) is 6.48. The Balaban J connectivity index is 1.95. The highest BCUT2D eigenvalue weighted by atomic mass is 35.5. The molecule has 1 aromatic carbocycles. The molecule has 0 saturated carbocycles. The van der Waals surface area contributed by atoms with Crippen LogP contribution in [0.15, 0.2) is 36.4 Å². The van der Waals surface area contributed by atoms with Gasteiger partial charge < -0.3 is 15.2 Å². The summed E-state index contributed by atoms with van der Waals surface area (Å²) < 4.78 is 6.37. The molecule has 0 aliphatic rings. The molecule has 1 aromatic heterocycles. The Morgan fingerprint density at radius 1 is 1.43 bits per heavy atom. The molecule has 0 radical (unpaired) electrons. The summed E-state index contributed by atoms with van der Waals surface area (Å²) in [7, 11) is 0. The summed E-state index contributed by atoms with van der Waals surface area (Å²) in [5.41, 5.74) is 0.498. The van der Waals surface area contributed by atoms with Gasteiger partial charge in [-0.05, 0) is 37.3 Å². The van der Waals surface area contributed by atoms with E-state index < -0.39 is 6.10 Å². The number of hydrogen-bond acceptors (Lipinski definition) is 4. The maximum atomic E-state index is 11.9. The molecule has 0 saturated heterocycles. The lowest BCUT2D eigenvalue weighted by Gasteiger charge is -2.09. The van der Waals surface area contributed by atoms with Gasteiger partial charge >= 0.3 is 0 Å². The number of hydrogen-bond donors (Lipinski definition) is 2. The molecule has 1 unspecified atom stereocenters. The molecule has 112 valence electrons. The molecule has 4 nitrogen and oxygen atoms in total. The topological polar surface area (TPSA) is 58.6 Å². The first-order valence-corrected chi connectivity index (χ1v) is 7.67. The number of carbonyl (C=O) groups excluding carboxylic acids is 1. The van der Waals surface area contributed by atoms with Crippen LogP contribution >= 0.6 is 22.9 Å². The van der Waals surface area contributed by atoms with E-state index in [2.05, 4.69) is 5.32 Å². The summed E-state index contributed by atoms with van der Waals surface area (Å²) in [4.78, 5) is 12.9. The summed E-state index contributed by atoms with van der Waals surface area (Å²) in [5, 5.41) is 11.8. The molecule has 6 heteroatoms. The fraction of sp³-hybridized carbons (Fsp3) is 0.267. The lowest BCUT2D eigenvalue weighted by atomic mass is 10.2. The number of ether oxygens (including phenoxy) is 1. The second-order valence-corrected chi connectivity index (χ2v) is 6.38. The number of halogens is 1. The third-order valence-corrected chi connectivity index (χ3v) is 3.87. The highest BCUT2D eigenvalue weighted by Crippen LogP contribution is 2.23. The van der Waals surface area contributed by atoms with Crippen molar-refractivity contribution in [3.63, 3.8) is 0 Å². The summed E-state index contributed by atoms with van der Waals surface area (Å²) in [5.74, 6) is 0.379. The van der Waals surface area contributed by atoms with Crippen LogP contribution in [-0.2, 0) is 6.61 Å². The predicted molar refractivity (Wildman–Crippen MR) is 84.1 cm³/mol. The Morgan fingerprint density at radius 2 is 2.24 bits per heavy atom. The van der Waals surface area contributed by atoms with E-state index in [4.69, 9.17) is 21.4 Å². The van der Waals surface area contributed by atoms with E-state index in [-0.39, 0.29) is 12.5 Å². The van der Waals surface area contributed by atoms with Gasteiger partial charge in [0.1, 0.15) is 12.4 Å². The van der Waals surface area contributed by atoms with Gasteiger partial charge in [0.2, 0.25) is 0 Å². The number of aliphatic hydroxyl groups excluding tert-OH is 1. The quantitative estimate of drug-likeness (QED) is 0.858. The summed E-state index contributed by atoms with van der Waals surface area (Å²) in [6, 6.07) is 10.7. The Hall–Kier alpha value is -1.56. The molecule has 21 heavy (non-hydrogen) atoms. The predicted octanol–water partition coefficient (Wildman–Crippen LogP) is 3.09. The minimum absolute atomic E-state index is 0.220. The third kappa shape index (κ3) is 5.04. The molecule has 0 aliphatic carbocycles. The maximum absolute atomic E-state index is 11.9. The van der Waals surface area contributed by atoms with E-state index in [1.165, 1.54) is 11.3 Å². The number of amides is 1. The van der Waals surface area contributed by atoms with Crippen molar-refractivity contribution in [2.75, 3.05) is 6.54 Å². The van der Waals surface area contributed by atoms with Crippen LogP contribution in [0.1, 0.15) is 22.2 Å². The SMILES string of the molecule is CC(O)CNC(=O)c1cccc(OCc2ccc(Cl)s2)c1. The number of thiophene rings is 1. The first kappa shape index (κ1) is 15.8. The van der Waals surface area contributed by atoms with E-state index in [1.807, 2.05) is 12.1 Å². The van der Waals surface area contributed by atoms with Crippen molar-refractivity contribution in [1.82, 2.24) is 5.32 Å². The average molecular weight is 326 g/mol. The fourth-order valence-corrected chi connectivity index (χ4v) is 2.65. The first-order chi connectivity index (χ1) is 10.0. The average Bonchev–Trinajstić information content (AvgIpc) is 2.88.